The van der Waals surface area contributed by atoms with Crippen LogP contribution in [-0.4, -0.2) is 18.2 Å². The second kappa shape index (κ2) is 4.04. The predicted octanol–water partition coefficient (Wildman–Crippen LogP) is 0.798. The first-order valence-electron chi connectivity index (χ1n) is 3.37. The van der Waals surface area contributed by atoms with Crippen molar-refractivity contribution in [3.63, 3.8) is 0 Å². The quantitative estimate of drug-likeness (QED) is 0.562. The van der Waals surface area contributed by atoms with Crippen LogP contribution in [0.2, 0.25) is 0 Å². The number of rotatable bonds is 3. The van der Waals surface area contributed by atoms with Crippen LogP contribution < -0.4 is 5.32 Å². The summed E-state index contributed by atoms with van der Waals surface area (Å²) >= 11 is 0. The highest BCUT2D eigenvalue weighted by molar-refractivity contribution is 6.36. The van der Waals surface area contributed by atoms with Gasteiger partial charge >= 0.3 is 0 Å². The Labute approximate surface area is 61.3 Å². The van der Waals surface area contributed by atoms with Crippen LogP contribution in [0.5, 0.6) is 0 Å². The molecule has 0 saturated carbocycles. The number of hydrogen-bond acceptors (Lipinski definition) is 2. The van der Waals surface area contributed by atoms with E-state index in [1.54, 1.807) is 0 Å². The predicted molar refractivity (Wildman–Crippen MR) is 41.2 cm³/mol. The molecule has 0 spiro atoms. The van der Waals surface area contributed by atoms with E-state index in [1.807, 2.05) is 13.8 Å². The lowest BCUT2D eigenvalue weighted by Crippen LogP contribution is -2.31. The van der Waals surface area contributed by atoms with E-state index in [4.69, 9.17) is 5.41 Å². The summed E-state index contributed by atoms with van der Waals surface area (Å²) in [6.45, 7) is 6.16. The van der Waals surface area contributed by atoms with E-state index in [9.17, 15) is 4.79 Å². The van der Waals surface area contributed by atoms with Crippen molar-refractivity contribution in [3.05, 3.63) is 0 Å². The molecule has 1 amide bonds. The zero-order valence-corrected chi connectivity index (χ0v) is 6.69. The fourth-order valence-electron chi connectivity index (χ4n) is 0.429. The van der Waals surface area contributed by atoms with Gasteiger partial charge in [-0.1, -0.05) is 13.8 Å². The van der Waals surface area contributed by atoms with Gasteiger partial charge in [0.25, 0.3) is 5.91 Å². The van der Waals surface area contributed by atoms with Crippen molar-refractivity contribution in [2.75, 3.05) is 6.54 Å². The Morgan fingerprint density at radius 1 is 1.60 bits per heavy atom. The molecule has 3 heteroatoms. The van der Waals surface area contributed by atoms with Gasteiger partial charge in [-0.3, -0.25) is 10.2 Å². The Hall–Kier alpha value is -0.860. The third-order valence-corrected chi connectivity index (χ3v) is 1.01. The summed E-state index contributed by atoms with van der Waals surface area (Å²) in [6, 6.07) is 0. The van der Waals surface area contributed by atoms with Crippen LogP contribution in [0.25, 0.3) is 0 Å². The second-order valence-electron chi connectivity index (χ2n) is 2.73. The lowest BCUT2D eigenvalue weighted by Gasteiger charge is -2.05. The monoisotopic (exact) mass is 142 g/mol. The van der Waals surface area contributed by atoms with E-state index in [0.717, 1.165) is 0 Å². The summed E-state index contributed by atoms with van der Waals surface area (Å²) in [5.41, 5.74) is 0.0700. The molecule has 0 aromatic carbocycles. The van der Waals surface area contributed by atoms with Crippen molar-refractivity contribution in [1.82, 2.24) is 5.32 Å². The molecule has 0 aromatic heterocycles. The molecule has 0 bridgehead atoms. The van der Waals surface area contributed by atoms with E-state index < -0.39 is 0 Å². The first-order valence-corrected chi connectivity index (χ1v) is 3.37. The Bertz CT molecular complexity index is 141. The van der Waals surface area contributed by atoms with Gasteiger partial charge < -0.3 is 5.32 Å². The zero-order valence-electron chi connectivity index (χ0n) is 6.69. The van der Waals surface area contributed by atoms with Crippen LogP contribution in [0.1, 0.15) is 20.8 Å². The average molecular weight is 142 g/mol. The van der Waals surface area contributed by atoms with Crippen molar-refractivity contribution in [2.24, 2.45) is 5.92 Å². The van der Waals surface area contributed by atoms with Crippen LogP contribution in [-0.2, 0) is 4.79 Å². The Morgan fingerprint density at radius 2 is 2.10 bits per heavy atom. The molecule has 0 rings (SSSR count). The summed E-state index contributed by atoms with van der Waals surface area (Å²) in [4.78, 5) is 10.7. The minimum absolute atomic E-state index is 0.0700. The van der Waals surface area contributed by atoms with Crippen LogP contribution in [0.4, 0.5) is 0 Å². The van der Waals surface area contributed by atoms with Gasteiger partial charge in [-0.2, -0.15) is 0 Å². The fraction of sp³-hybridized carbons (Fsp3) is 0.714. The number of hydrogen-bond donors (Lipinski definition) is 2. The van der Waals surface area contributed by atoms with E-state index >= 15 is 0 Å². The highest BCUT2D eigenvalue weighted by Crippen LogP contribution is 1.86. The Balaban J connectivity index is 3.50. The molecule has 10 heavy (non-hydrogen) atoms. The highest BCUT2D eigenvalue weighted by Gasteiger charge is 2.02. The lowest BCUT2D eigenvalue weighted by molar-refractivity contribution is -0.115. The molecular weight excluding hydrogens is 128 g/mol. The Kier molecular flexibility index (Phi) is 3.69. The number of carbonyl (C=O) groups excluding carboxylic acids is 1. The third-order valence-electron chi connectivity index (χ3n) is 1.01. The molecule has 0 heterocycles. The number of carbonyl (C=O) groups is 1. The highest BCUT2D eigenvalue weighted by atomic mass is 16.1. The molecule has 0 saturated heterocycles. The van der Waals surface area contributed by atoms with Crippen LogP contribution in [0.15, 0.2) is 0 Å². The maximum Gasteiger partial charge on any atom is 0.264 e. The smallest absolute Gasteiger partial charge is 0.264 e. The van der Waals surface area contributed by atoms with Crippen molar-refractivity contribution in [3.8, 4) is 0 Å². The summed E-state index contributed by atoms with van der Waals surface area (Å²) < 4.78 is 0. The average Bonchev–Trinajstić information content (AvgIpc) is 1.82. The van der Waals surface area contributed by atoms with Crippen molar-refractivity contribution in [1.29, 1.82) is 5.41 Å². The first-order chi connectivity index (χ1) is 4.54. The molecule has 0 fully saturated rings. The minimum Gasteiger partial charge on any atom is -0.351 e. The number of nitrogens with one attached hydrogen (secondary N) is 2. The van der Waals surface area contributed by atoms with Crippen LogP contribution >= 0.6 is 0 Å². The summed E-state index contributed by atoms with van der Waals surface area (Å²) in [7, 11) is 0. The minimum atomic E-state index is -0.270. The van der Waals surface area contributed by atoms with Gasteiger partial charge in [0.05, 0.1) is 5.71 Å². The van der Waals surface area contributed by atoms with E-state index in [-0.39, 0.29) is 11.6 Å². The molecule has 3 nitrogen and oxygen atoms in total. The van der Waals surface area contributed by atoms with Gasteiger partial charge in [0.2, 0.25) is 0 Å². The lowest BCUT2D eigenvalue weighted by atomic mass is 10.2. The molecule has 0 aliphatic heterocycles. The summed E-state index contributed by atoms with van der Waals surface area (Å²) in [6.07, 6.45) is 0. The van der Waals surface area contributed by atoms with Gasteiger partial charge in [0.1, 0.15) is 0 Å². The first kappa shape index (κ1) is 9.14. The molecule has 58 valence electrons. The molecule has 0 aliphatic rings. The summed E-state index contributed by atoms with van der Waals surface area (Å²) in [5.74, 6) is 0.178. The van der Waals surface area contributed by atoms with Crippen LogP contribution in [0.3, 0.4) is 0 Å². The van der Waals surface area contributed by atoms with Crippen molar-refractivity contribution < 1.29 is 4.79 Å². The third kappa shape index (κ3) is 4.06. The van der Waals surface area contributed by atoms with Crippen molar-refractivity contribution >= 4 is 11.6 Å². The molecule has 2 N–H and O–H groups in total. The Morgan fingerprint density at radius 3 is 2.40 bits per heavy atom. The van der Waals surface area contributed by atoms with Crippen molar-refractivity contribution in [2.45, 2.75) is 20.8 Å². The summed E-state index contributed by atoms with van der Waals surface area (Å²) in [5, 5.41) is 9.55. The normalized spacial score (nSPS) is 9.60. The van der Waals surface area contributed by atoms with Gasteiger partial charge in [0.15, 0.2) is 0 Å². The zero-order chi connectivity index (χ0) is 8.15. The molecule has 0 atom stereocenters. The SMILES string of the molecule is CC(=N)C(=O)NCC(C)C. The molecular formula is C7H14N2O. The molecule has 0 unspecified atom stereocenters. The molecule has 0 aromatic rings. The standard InChI is InChI=1S/C7H14N2O/c1-5(2)4-9-7(10)6(3)8/h5,8H,4H2,1-3H3,(H,9,10). The van der Waals surface area contributed by atoms with Gasteiger partial charge in [-0.15, -0.1) is 0 Å². The van der Waals surface area contributed by atoms with E-state index in [0.29, 0.717) is 12.5 Å². The molecule has 0 aliphatic carbocycles. The fourth-order valence-corrected chi connectivity index (χ4v) is 0.429. The van der Waals surface area contributed by atoms with E-state index in [2.05, 4.69) is 5.32 Å². The number of amides is 1. The van der Waals surface area contributed by atoms with Gasteiger partial charge in [-0.25, -0.2) is 0 Å². The van der Waals surface area contributed by atoms with Gasteiger partial charge in [0, 0.05) is 6.54 Å². The van der Waals surface area contributed by atoms with Crippen LogP contribution in [0, 0.1) is 11.3 Å². The second-order valence-corrected chi connectivity index (χ2v) is 2.73. The maximum absolute atomic E-state index is 10.7. The maximum atomic E-state index is 10.7. The topological polar surface area (TPSA) is 53.0 Å². The van der Waals surface area contributed by atoms with Gasteiger partial charge in [-0.05, 0) is 12.8 Å². The van der Waals surface area contributed by atoms with E-state index in [1.165, 1.54) is 6.92 Å². The largest absolute Gasteiger partial charge is 0.351 e. The molecule has 0 radical (unpaired) electrons.